The topological polar surface area (TPSA) is 66.5 Å². The molecule has 5 heteroatoms. The summed E-state index contributed by atoms with van der Waals surface area (Å²) in [4.78, 5) is 39.2. The average molecular weight is 433 g/mol. The Morgan fingerprint density at radius 1 is 0.875 bits per heavy atom. The molecule has 5 nitrogen and oxygen atoms in total. The van der Waals surface area contributed by atoms with Crippen LogP contribution in [0.2, 0.25) is 0 Å². The number of hydrogen-bond donors (Lipinski definition) is 1. The van der Waals surface area contributed by atoms with Gasteiger partial charge < -0.3 is 10.2 Å². The van der Waals surface area contributed by atoms with Crippen LogP contribution >= 0.6 is 0 Å². The minimum Gasteiger partial charge on any atom is -0.353 e. The molecule has 1 fully saturated rings. The van der Waals surface area contributed by atoms with Crippen molar-refractivity contribution in [3.8, 4) is 0 Å². The van der Waals surface area contributed by atoms with E-state index in [1.807, 2.05) is 47.4 Å². The van der Waals surface area contributed by atoms with Crippen LogP contribution in [0.25, 0.3) is 0 Å². The van der Waals surface area contributed by atoms with Crippen LogP contribution in [0.3, 0.4) is 0 Å². The quantitative estimate of drug-likeness (QED) is 0.644. The minimum atomic E-state index is 0.0355. The van der Waals surface area contributed by atoms with Crippen molar-refractivity contribution in [2.75, 3.05) is 13.1 Å². The van der Waals surface area contributed by atoms with Crippen molar-refractivity contribution in [3.05, 3.63) is 70.8 Å². The first-order chi connectivity index (χ1) is 15.6. The van der Waals surface area contributed by atoms with Crippen molar-refractivity contribution in [3.63, 3.8) is 0 Å². The highest BCUT2D eigenvalue weighted by Gasteiger charge is 2.24. The van der Waals surface area contributed by atoms with E-state index in [1.165, 1.54) is 11.1 Å². The van der Waals surface area contributed by atoms with Crippen LogP contribution in [0.4, 0.5) is 0 Å². The second kappa shape index (κ2) is 10.6. The summed E-state index contributed by atoms with van der Waals surface area (Å²) in [5.74, 6) is 0.153. The van der Waals surface area contributed by atoms with E-state index in [0.717, 1.165) is 49.7 Å². The lowest BCUT2D eigenvalue weighted by molar-refractivity contribution is -0.132. The maximum absolute atomic E-state index is 12.6. The number of ketones is 1. The molecule has 2 aromatic rings. The third-order valence-corrected chi connectivity index (χ3v) is 6.68. The molecule has 0 atom stereocenters. The smallest absolute Gasteiger partial charge is 0.223 e. The first kappa shape index (κ1) is 22.3. The average Bonchev–Trinajstić information content (AvgIpc) is 3.30. The number of nitrogens with one attached hydrogen (secondary N) is 1. The second-order valence-corrected chi connectivity index (χ2v) is 8.97. The zero-order valence-corrected chi connectivity index (χ0v) is 18.6. The molecule has 0 spiro atoms. The fourth-order valence-corrected chi connectivity index (χ4v) is 4.74. The van der Waals surface area contributed by atoms with Gasteiger partial charge in [-0.05, 0) is 61.3 Å². The molecular formula is C27H32N2O3. The Labute approximate surface area is 190 Å². The van der Waals surface area contributed by atoms with Gasteiger partial charge in [0.25, 0.3) is 0 Å². The highest BCUT2D eigenvalue weighted by Crippen LogP contribution is 2.23. The van der Waals surface area contributed by atoms with E-state index in [0.29, 0.717) is 19.5 Å². The summed E-state index contributed by atoms with van der Waals surface area (Å²) in [6.07, 6.45) is 6.57. The van der Waals surface area contributed by atoms with Gasteiger partial charge in [-0.3, -0.25) is 14.4 Å². The van der Waals surface area contributed by atoms with Gasteiger partial charge in [0.15, 0.2) is 5.78 Å². The first-order valence-corrected chi connectivity index (χ1v) is 11.8. The molecule has 32 heavy (non-hydrogen) atoms. The molecular weight excluding hydrogens is 400 g/mol. The third-order valence-electron chi connectivity index (χ3n) is 6.68. The van der Waals surface area contributed by atoms with Crippen molar-refractivity contribution >= 4 is 17.6 Å². The van der Waals surface area contributed by atoms with Crippen molar-refractivity contribution in [2.45, 2.75) is 63.8 Å². The number of likely N-dealkylation sites (tertiary alicyclic amines) is 1. The number of carbonyl (C=O) groups is 3. The van der Waals surface area contributed by atoms with Crippen molar-refractivity contribution in [1.82, 2.24) is 10.2 Å². The molecule has 1 heterocycles. The van der Waals surface area contributed by atoms with Gasteiger partial charge in [0.1, 0.15) is 0 Å². The van der Waals surface area contributed by atoms with Crippen LogP contribution < -0.4 is 5.32 Å². The lowest BCUT2D eigenvalue weighted by Crippen LogP contribution is -2.46. The molecule has 1 aliphatic carbocycles. The van der Waals surface area contributed by atoms with Crippen LogP contribution in [0, 0.1) is 0 Å². The number of amides is 2. The maximum Gasteiger partial charge on any atom is 0.223 e. The number of aryl methyl sites for hydroxylation is 3. The molecule has 1 N–H and O–H groups in total. The fourth-order valence-electron chi connectivity index (χ4n) is 4.74. The van der Waals surface area contributed by atoms with E-state index < -0.39 is 0 Å². The summed E-state index contributed by atoms with van der Waals surface area (Å²) in [6, 6.07) is 16.1. The SMILES string of the molecule is O=C(CCc1ccccc1)NC1CCN(C(=O)CCC(=O)c2ccc3c(c2)CCC3)CC1. The van der Waals surface area contributed by atoms with Crippen LogP contribution in [0.1, 0.15) is 65.6 Å². The molecule has 1 aliphatic heterocycles. The summed E-state index contributed by atoms with van der Waals surface area (Å²) < 4.78 is 0. The molecule has 0 aromatic heterocycles. The highest BCUT2D eigenvalue weighted by atomic mass is 16.2. The van der Waals surface area contributed by atoms with Gasteiger partial charge >= 0.3 is 0 Å². The van der Waals surface area contributed by atoms with Crippen LogP contribution in [-0.2, 0) is 28.9 Å². The van der Waals surface area contributed by atoms with Crippen LogP contribution in [-0.4, -0.2) is 41.6 Å². The van der Waals surface area contributed by atoms with Crippen molar-refractivity contribution in [2.24, 2.45) is 0 Å². The number of rotatable bonds is 8. The first-order valence-electron chi connectivity index (χ1n) is 11.8. The number of piperidine rings is 1. The summed E-state index contributed by atoms with van der Waals surface area (Å²) in [5, 5.41) is 3.11. The van der Waals surface area contributed by atoms with Crippen LogP contribution in [0.15, 0.2) is 48.5 Å². The zero-order valence-electron chi connectivity index (χ0n) is 18.6. The van der Waals surface area contributed by atoms with Gasteiger partial charge in [0, 0.05) is 44.0 Å². The largest absolute Gasteiger partial charge is 0.353 e. The number of Topliss-reactive ketones (excluding diaryl/α,β-unsaturated/α-hetero) is 1. The highest BCUT2D eigenvalue weighted by molar-refractivity contribution is 5.98. The Hall–Kier alpha value is -2.95. The van der Waals surface area contributed by atoms with Gasteiger partial charge in [-0.25, -0.2) is 0 Å². The molecule has 1 saturated heterocycles. The number of fused-ring (bicyclic) bond motifs is 1. The third kappa shape index (κ3) is 5.84. The molecule has 4 rings (SSSR count). The van der Waals surface area contributed by atoms with E-state index in [9.17, 15) is 14.4 Å². The number of benzene rings is 2. The van der Waals surface area contributed by atoms with Gasteiger partial charge in [-0.15, -0.1) is 0 Å². The normalized spacial score (nSPS) is 15.9. The van der Waals surface area contributed by atoms with Crippen LogP contribution in [0.5, 0.6) is 0 Å². The number of nitrogens with zero attached hydrogens (tertiary/aromatic N) is 1. The Morgan fingerprint density at radius 3 is 2.41 bits per heavy atom. The number of carbonyl (C=O) groups excluding carboxylic acids is 3. The molecule has 0 saturated carbocycles. The Bertz CT molecular complexity index is 962. The number of hydrogen-bond acceptors (Lipinski definition) is 3. The summed E-state index contributed by atoms with van der Waals surface area (Å²) >= 11 is 0. The monoisotopic (exact) mass is 432 g/mol. The maximum atomic E-state index is 12.6. The van der Waals surface area contributed by atoms with Gasteiger partial charge in [0.05, 0.1) is 0 Å². The molecule has 2 aliphatic rings. The van der Waals surface area contributed by atoms with Crippen molar-refractivity contribution in [1.29, 1.82) is 0 Å². The summed E-state index contributed by atoms with van der Waals surface area (Å²) in [6.45, 7) is 1.27. The van der Waals surface area contributed by atoms with Gasteiger partial charge in [-0.2, -0.15) is 0 Å². The Morgan fingerprint density at radius 2 is 1.62 bits per heavy atom. The van der Waals surface area contributed by atoms with E-state index in [-0.39, 0.29) is 36.5 Å². The molecule has 2 amide bonds. The molecule has 0 bridgehead atoms. The Balaban J connectivity index is 1.16. The summed E-state index contributed by atoms with van der Waals surface area (Å²) in [7, 11) is 0. The van der Waals surface area contributed by atoms with E-state index >= 15 is 0 Å². The second-order valence-electron chi connectivity index (χ2n) is 8.97. The van der Waals surface area contributed by atoms with E-state index in [1.54, 1.807) is 0 Å². The minimum absolute atomic E-state index is 0.0355. The predicted octanol–water partition coefficient (Wildman–Crippen LogP) is 3.88. The van der Waals surface area contributed by atoms with E-state index in [4.69, 9.17) is 0 Å². The molecule has 0 unspecified atom stereocenters. The predicted molar refractivity (Wildman–Crippen MR) is 125 cm³/mol. The van der Waals surface area contributed by atoms with Gasteiger partial charge in [-0.1, -0.05) is 42.5 Å². The molecule has 0 radical (unpaired) electrons. The standard InChI is InChI=1S/C27H32N2O3/c30-25(23-11-10-21-7-4-8-22(21)19-23)12-14-27(32)29-17-15-24(16-18-29)28-26(31)13-9-20-5-2-1-3-6-20/h1-3,5-6,10-11,19,24H,4,7-9,12-18H2,(H,28,31). The van der Waals surface area contributed by atoms with Gasteiger partial charge in [0.2, 0.25) is 11.8 Å². The fraction of sp³-hybridized carbons (Fsp3) is 0.444. The lowest BCUT2D eigenvalue weighted by Gasteiger charge is -2.32. The van der Waals surface area contributed by atoms with Crippen molar-refractivity contribution < 1.29 is 14.4 Å². The molecule has 2 aromatic carbocycles. The Kier molecular flexibility index (Phi) is 7.35. The van der Waals surface area contributed by atoms with E-state index in [2.05, 4.69) is 11.4 Å². The molecule has 168 valence electrons. The summed E-state index contributed by atoms with van der Waals surface area (Å²) in [5.41, 5.74) is 4.54. The lowest BCUT2D eigenvalue weighted by atomic mass is 10.0. The zero-order chi connectivity index (χ0) is 22.3.